The number of hydrogen-bond acceptors (Lipinski definition) is 4. The van der Waals surface area contributed by atoms with Crippen LogP contribution in [0.5, 0.6) is 0 Å². The molecule has 0 aliphatic carbocycles. The number of nitrogens with zero attached hydrogens (tertiary/aromatic N) is 2. The number of anilines is 1. The molecular weight excluding hydrogens is 394 g/mol. The molecule has 0 radical (unpaired) electrons. The zero-order chi connectivity index (χ0) is 20.8. The Morgan fingerprint density at radius 1 is 1.00 bits per heavy atom. The van der Waals surface area contributed by atoms with Crippen molar-refractivity contribution in [2.24, 2.45) is 0 Å². The van der Waals surface area contributed by atoms with Crippen molar-refractivity contribution in [3.8, 4) is 0 Å². The predicted molar refractivity (Wildman–Crippen MR) is 119 cm³/mol. The van der Waals surface area contributed by atoms with Gasteiger partial charge in [0.25, 0.3) is 5.91 Å². The fourth-order valence-electron chi connectivity index (χ4n) is 3.45. The monoisotopic (exact) mass is 417 g/mol. The summed E-state index contributed by atoms with van der Waals surface area (Å²) in [4.78, 5) is 32.6. The Morgan fingerprint density at radius 3 is 2.67 bits per heavy atom. The number of benzene rings is 2. The summed E-state index contributed by atoms with van der Waals surface area (Å²) in [5, 5.41) is 3.75. The first-order chi connectivity index (χ1) is 14.7. The molecule has 1 aliphatic rings. The van der Waals surface area contributed by atoms with Crippen LogP contribution in [0, 0.1) is 0 Å². The quantitative estimate of drug-likeness (QED) is 0.581. The molecule has 3 aromatic rings. The minimum absolute atomic E-state index is 0.0495. The minimum Gasteiger partial charge on any atom is -0.356 e. The third-order valence-corrected chi connectivity index (χ3v) is 6.06. The Hall–Kier alpha value is -3.12. The summed E-state index contributed by atoms with van der Waals surface area (Å²) >= 11 is 1.49. The molecule has 0 fully saturated rings. The van der Waals surface area contributed by atoms with Crippen LogP contribution in [-0.2, 0) is 11.2 Å². The Kier molecular flexibility index (Phi) is 6.44. The summed E-state index contributed by atoms with van der Waals surface area (Å²) in [7, 11) is 0. The maximum atomic E-state index is 13.2. The highest BCUT2D eigenvalue weighted by Gasteiger charge is 2.27. The third-order valence-electron chi connectivity index (χ3n) is 4.98. The molecule has 4 rings (SSSR count). The number of nitrogens with one attached hydrogen (secondary N) is 1. The van der Waals surface area contributed by atoms with Gasteiger partial charge in [-0.05, 0) is 42.7 Å². The van der Waals surface area contributed by atoms with E-state index in [1.54, 1.807) is 11.1 Å². The number of pyridine rings is 1. The second kappa shape index (κ2) is 9.59. The predicted octanol–water partition coefficient (Wildman–Crippen LogP) is 4.33. The summed E-state index contributed by atoms with van der Waals surface area (Å²) in [6, 6.07) is 21.5. The van der Waals surface area contributed by atoms with Gasteiger partial charge in [0.1, 0.15) is 5.03 Å². The van der Waals surface area contributed by atoms with Gasteiger partial charge < -0.3 is 10.2 Å². The van der Waals surface area contributed by atoms with E-state index in [0.717, 1.165) is 28.5 Å². The van der Waals surface area contributed by atoms with Gasteiger partial charge in [0.05, 0.1) is 11.3 Å². The Morgan fingerprint density at radius 2 is 1.80 bits per heavy atom. The molecule has 5 nitrogen and oxygen atoms in total. The summed E-state index contributed by atoms with van der Waals surface area (Å²) in [5.74, 6) is -0.145. The van der Waals surface area contributed by atoms with Crippen molar-refractivity contribution in [2.45, 2.75) is 29.2 Å². The Bertz CT molecular complexity index is 1040. The molecule has 0 saturated heterocycles. The zero-order valence-electron chi connectivity index (χ0n) is 16.6. The fraction of sp³-hybridized carbons (Fsp3) is 0.208. The number of aromatic nitrogens is 1. The van der Waals surface area contributed by atoms with Crippen molar-refractivity contribution in [3.05, 3.63) is 84.1 Å². The first-order valence-corrected chi connectivity index (χ1v) is 10.9. The van der Waals surface area contributed by atoms with Crippen LogP contribution < -0.4 is 10.2 Å². The smallest absolute Gasteiger partial charge is 0.259 e. The molecule has 30 heavy (non-hydrogen) atoms. The zero-order valence-corrected chi connectivity index (χ0v) is 17.4. The Balaban J connectivity index is 1.37. The summed E-state index contributed by atoms with van der Waals surface area (Å²) in [5.41, 5.74) is 2.66. The number of amides is 2. The van der Waals surface area contributed by atoms with Crippen LogP contribution in [0.25, 0.3) is 0 Å². The standard InChI is InChI=1S/C24H23N3O2S/c28-22(25-15-6-10-18-8-2-1-3-9-18)14-17-27-20-12-7-16-26-23(20)30-21-13-5-4-11-19(21)24(27)29/h1-5,7-9,11-13,16H,6,10,14-15,17H2,(H,25,28). The van der Waals surface area contributed by atoms with Crippen LogP contribution in [0.3, 0.4) is 0 Å². The van der Waals surface area contributed by atoms with Crippen molar-refractivity contribution >= 4 is 29.3 Å². The number of fused-ring (bicyclic) bond motifs is 2. The molecule has 2 heterocycles. The van der Waals surface area contributed by atoms with Crippen molar-refractivity contribution in [1.82, 2.24) is 10.3 Å². The Labute approximate surface area is 180 Å². The van der Waals surface area contributed by atoms with E-state index < -0.39 is 0 Å². The number of carbonyl (C=O) groups is 2. The first kappa shape index (κ1) is 20.2. The SMILES string of the molecule is O=C(CCN1C(=O)c2ccccc2Sc2ncccc21)NCCCc1ccccc1. The molecule has 0 saturated carbocycles. The van der Waals surface area contributed by atoms with E-state index in [9.17, 15) is 9.59 Å². The average Bonchev–Trinajstić information content (AvgIpc) is 2.90. The summed E-state index contributed by atoms with van der Waals surface area (Å²) in [6.45, 7) is 0.940. The van der Waals surface area contributed by atoms with Crippen LogP contribution in [0.4, 0.5) is 5.69 Å². The van der Waals surface area contributed by atoms with Gasteiger partial charge in [-0.1, -0.05) is 54.2 Å². The highest BCUT2D eigenvalue weighted by atomic mass is 32.2. The van der Waals surface area contributed by atoms with Crippen molar-refractivity contribution in [2.75, 3.05) is 18.0 Å². The van der Waals surface area contributed by atoms with Gasteiger partial charge in [0.2, 0.25) is 5.91 Å². The molecule has 2 aromatic carbocycles. The highest BCUT2D eigenvalue weighted by molar-refractivity contribution is 7.99. The van der Waals surface area contributed by atoms with E-state index in [1.807, 2.05) is 54.6 Å². The highest BCUT2D eigenvalue weighted by Crippen LogP contribution is 2.39. The van der Waals surface area contributed by atoms with Crippen molar-refractivity contribution in [3.63, 3.8) is 0 Å². The molecule has 0 unspecified atom stereocenters. The number of carbonyl (C=O) groups excluding carboxylic acids is 2. The maximum Gasteiger partial charge on any atom is 0.259 e. The first-order valence-electron chi connectivity index (χ1n) is 10.1. The van der Waals surface area contributed by atoms with E-state index in [4.69, 9.17) is 0 Å². The van der Waals surface area contributed by atoms with E-state index in [0.29, 0.717) is 18.7 Å². The van der Waals surface area contributed by atoms with Crippen LogP contribution in [-0.4, -0.2) is 29.9 Å². The summed E-state index contributed by atoms with van der Waals surface area (Å²) < 4.78 is 0. The van der Waals surface area contributed by atoms with Gasteiger partial charge in [0, 0.05) is 30.6 Å². The molecule has 0 bridgehead atoms. The van der Waals surface area contributed by atoms with Gasteiger partial charge in [-0.2, -0.15) is 0 Å². The van der Waals surface area contributed by atoms with Crippen LogP contribution in [0.15, 0.2) is 82.8 Å². The molecule has 1 aliphatic heterocycles. The number of aryl methyl sites for hydroxylation is 1. The molecule has 0 atom stereocenters. The van der Waals surface area contributed by atoms with Gasteiger partial charge in [0.15, 0.2) is 0 Å². The average molecular weight is 418 g/mol. The second-order valence-electron chi connectivity index (χ2n) is 7.07. The van der Waals surface area contributed by atoms with E-state index in [2.05, 4.69) is 22.4 Å². The topological polar surface area (TPSA) is 62.3 Å². The van der Waals surface area contributed by atoms with Crippen molar-refractivity contribution in [1.29, 1.82) is 0 Å². The minimum atomic E-state index is -0.0956. The largest absolute Gasteiger partial charge is 0.356 e. The molecule has 0 spiro atoms. The van der Waals surface area contributed by atoms with E-state index >= 15 is 0 Å². The number of hydrogen-bond donors (Lipinski definition) is 1. The lowest BCUT2D eigenvalue weighted by Gasteiger charge is -2.22. The van der Waals surface area contributed by atoms with E-state index in [1.165, 1.54) is 17.3 Å². The molecule has 152 valence electrons. The normalized spacial score (nSPS) is 12.7. The molecule has 6 heteroatoms. The molecule has 2 amide bonds. The van der Waals surface area contributed by atoms with Gasteiger partial charge in [-0.15, -0.1) is 0 Å². The second-order valence-corrected chi connectivity index (χ2v) is 8.10. The lowest BCUT2D eigenvalue weighted by molar-refractivity contribution is -0.120. The fourth-order valence-corrected chi connectivity index (χ4v) is 4.46. The number of rotatable bonds is 7. The third kappa shape index (κ3) is 4.71. The molecule has 1 aromatic heterocycles. The van der Waals surface area contributed by atoms with Gasteiger partial charge in [-0.3, -0.25) is 9.59 Å². The molecule has 1 N–H and O–H groups in total. The van der Waals surface area contributed by atoms with Crippen LogP contribution in [0.1, 0.15) is 28.8 Å². The summed E-state index contributed by atoms with van der Waals surface area (Å²) in [6.07, 6.45) is 3.79. The lowest BCUT2D eigenvalue weighted by atomic mass is 10.1. The van der Waals surface area contributed by atoms with Gasteiger partial charge >= 0.3 is 0 Å². The van der Waals surface area contributed by atoms with Gasteiger partial charge in [-0.25, -0.2) is 4.98 Å². The van der Waals surface area contributed by atoms with E-state index in [-0.39, 0.29) is 18.2 Å². The molecular formula is C24H23N3O2S. The maximum absolute atomic E-state index is 13.2. The van der Waals surface area contributed by atoms with Crippen LogP contribution >= 0.6 is 11.8 Å². The van der Waals surface area contributed by atoms with Crippen molar-refractivity contribution < 1.29 is 9.59 Å². The lowest BCUT2D eigenvalue weighted by Crippen LogP contribution is -2.35. The van der Waals surface area contributed by atoms with Crippen LogP contribution in [0.2, 0.25) is 0 Å².